The number of carbonyl (C=O) groups excluding carboxylic acids is 1. The Morgan fingerprint density at radius 1 is 1.08 bits per heavy atom. The number of benzene rings is 2. The number of halogens is 3. The third-order valence-corrected chi connectivity index (χ3v) is 3.71. The molecule has 0 aliphatic heterocycles. The second-order valence-electron chi connectivity index (χ2n) is 4.98. The van der Waals surface area contributed by atoms with Crippen molar-refractivity contribution in [2.45, 2.75) is 0 Å². The highest BCUT2D eigenvalue weighted by Crippen LogP contribution is 2.27. The van der Waals surface area contributed by atoms with E-state index in [0.29, 0.717) is 21.4 Å². The van der Waals surface area contributed by atoms with Gasteiger partial charge in [-0.1, -0.05) is 29.3 Å². The van der Waals surface area contributed by atoms with E-state index in [1.807, 2.05) is 0 Å². The monoisotopic (exact) mass is 376 g/mol. The summed E-state index contributed by atoms with van der Waals surface area (Å²) in [5, 5.41) is 6.39. The first-order valence-electron chi connectivity index (χ1n) is 7.13. The predicted molar refractivity (Wildman–Crippen MR) is 96.1 cm³/mol. The maximum absolute atomic E-state index is 13.2. The Balaban J connectivity index is 1.79. The fourth-order valence-electron chi connectivity index (χ4n) is 2.02. The lowest BCUT2D eigenvalue weighted by atomic mass is 10.3. The normalized spacial score (nSPS) is 10.4. The van der Waals surface area contributed by atoms with Gasteiger partial charge < -0.3 is 10.6 Å². The molecule has 25 heavy (non-hydrogen) atoms. The Hall–Kier alpha value is -2.70. The minimum atomic E-state index is -0.492. The summed E-state index contributed by atoms with van der Waals surface area (Å²) in [7, 11) is 0. The summed E-state index contributed by atoms with van der Waals surface area (Å²) in [5.41, 5.74) is 0.952. The SMILES string of the molecule is O=C(Nc1cccc(F)c1)c1ccnc(Nc2cc(Cl)ccc2Cl)n1. The molecule has 0 saturated carbocycles. The number of amides is 1. The van der Waals surface area contributed by atoms with Crippen LogP contribution in [0.3, 0.4) is 0 Å². The standard InChI is InChI=1S/C17H11Cl2FN4O/c18-10-4-5-13(19)15(8-10)24-17-21-7-6-14(23-17)16(25)22-12-3-1-2-11(20)9-12/h1-9H,(H,22,25)(H,21,23,24). The van der Waals surface area contributed by atoms with Crippen LogP contribution in [0.15, 0.2) is 54.7 Å². The number of hydrogen-bond acceptors (Lipinski definition) is 4. The van der Waals surface area contributed by atoms with Crippen LogP contribution in [0.2, 0.25) is 10.0 Å². The van der Waals surface area contributed by atoms with Crippen LogP contribution in [0, 0.1) is 5.82 Å². The molecule has 0 aliphatic carbocycles. The van der Waals surface area contributed by atoms with Crippen LogP contribution < -0.4 is 10.6 Å². The summed E-state index contributed by atoms with van der Waals surface area (Å²) in [4.78, 5) is 20.4. The predicted octanol–water partition coefficient (Wildman–Crippen LogP) is 4.92. The molecule has 1 amide bonds. The van der Waals surface area contributed by atoms with E-state index in [1.165, 1.54) is 30.5 Å². The second-order valence-corrected chi connectivity index (χ2v) is 5.82. The second kappa shape index (κ2) is 7.46. The van der Waals surface area contributed by atoms with Crippen molar-refractivity contribution in [1.82, 2.24) is 9.97 Å². The van der Waals surface area contributed by atoms with E-state index < -0.39 is 11.7 Å². The third-order valence-electron chi connectivity index (χ3n) is 3.15. The van der Waals surface area contributed by atoms with Crippen LogP contribution in [0.4, 0.5) is 21.7 Å². The number of carbonyl (C=O) groups is 1. The smallest absolute Gasteiger partial charge is 0.274 e. The van der Waals surface area contributed by atoms with Gasteiger partial charge in [0.15, 0.2) is 0 Å². The molecule has 1 heterocycles. The molecule has 0 bridgehead atoms. The van der Waals surface area contributed by atoms with E-state index in [9.17, 15) is 9.18 Å². The minimum Gasteiger partial charge on any atom is -0.323 e. The van der Waals surface area contributed by atoms with Crippen molar-refractivity contribution in [3.05, 3.63) is 76.3 Å². The zero-order valence-corrected chi connectivity index (χ0v) is 14.1. The Morgan fingerprint density at radius 2 is 1.92 bits per heavy atom. The number of anilines is 3. The van der Waals surface area contributed by atoms with Gasteiger partial charge in [0, 0.05) is 16.9 Å². The highest BCUT2D eigenvalue weighted by molar-refractivity contribution is 6.35. The lowest BCUT2D eigenvalue weighted by molar-refractivity contribution is 0.102. The van der Waals surface area contributed by atoms with Gasteiger partial charge in [0.1, 0.15) is 11.5 Å². The van der Waals surface area contributed by atoms with Crippen molar-refractivity contribution >= 4 is 46.4 Å². The van der Waals surface area contributed by atoms with Gasteiger partial charge in [-0.05, 0) is 42.5 Å². The van der Waals surface area contributed by atoms with Crippen LogP contribution in [0.5, 0.6) is 0 Å². The van der Waals surface area contributed by atoms with Gasteiger partial charge in [-0.3, -0.25) is 4.79 Å². The van der Waals surface area contributed by atoms with Crippen molar-refractivity contribution in [2.24, 2.45) is 0 Å². The van der Waals surface area contributed by atoms with E-state index >= 15 is 0 Å². The molecule has 8 heteroatoms. The average molecular weight is 377 g/mol. The van der Waals surface area contributed by atoms with Gasteiger partial charge in [-0.15, -0.1) is 0 Å². The third kappa shape index (κ3) is 4.43. The molecule has 1 aromatic heterocycles. The lowest BCUT2D eigenvalue weighted by Crippen LogP contribution is -2.14. The molecule has 3 rings (SSSR count). The maximum Gasteiger partial charge on any atom is 0.274 e. The van der Waals surface area contributed by atoms with E-state index in [0.717, 1.165) is 0 Å². The number of rotatable bonds is 4. The van der Waals surface area contributed by atoms with Crippen LogP contribution >= 0.6 is 23.2 Å². The van der Waals surface area contributed by atoms with Gasteiger partial charge in [-0.25, -0.2) is 14.4 Å². The molecule has 0 fully saturated rings. The fraction of sp³-hybridized carbons (Fsp3) is 0. The molecule has 0 radical (unpaired) electrons. The molecule has 2 aromatic carbocycles. The number of aromatic nitrogens is 2. The van der Waals surface area contributed by atoms with Gasteiger partial charge in [0.2, 0.25) is 5.95 Å². The van der Waals surface area contributed by atoms with Crippen molar-refractivity contribution in [2.75, 3.05) is 10.6 Å². The molecular formula is C17H11Cl2FN4O. The molecule has 0 aliphatic rings. The van der Waals surface area contributed by atoms with Gasteiger partial charge in [0.05, 0.1) is 10.7 Å². The first-order valence-corrected chi connectivity index (χ1v) is 7.89. The molecule has 2 N–H and O–H groups in total. The topological polar surface area (TPSA) is 66.9 Å². The number of hydrogen-bond donors (Lipinski definition) is 2. The highest BCUT2D eigenvalue weighted by atomic mass is 35.5. The van der Waals surface area contributed by atoms with E-state index in [1.54, 1.807) is 24.3 Å². The van der Waals surface area contributed by atoms with Gasteiger partial charge in [0.25, 0.3) is 5.91 Å². The molecule has 0 spiro atoms. The summed E-state index contributed by atoms with van der Waals surface area (Å²) >= 11 is 12.0. The Labute approximate surface area is 152 Å². The molecule has 0 unspecified atom stereocenters. The fourth-order valence-corrected chi connectivity index (χ4v) is 2.36. The maximum atomic E-state index is 13.2. The zero-order chi connectivity index (χ0) is 17.8. The quantitative estimate of drug-likeness (QED) is 0.678. The van der Waals surface area contributed by atoms with E-state index in [2.05, 4.69) is 20.6 Å². The first-order chi connectivity index (χ1) is 12.0. The summed E-state index contributed by atoms with van der Waals surface area (Å²) in [6, 6.07) is 11.9. The van der Waals surface area contributed by atoms with E-state index in [4.69, 9.17) is 23.2 Å². The first kappa shape index (κ1) is 17.1. The minimum absolute atomic E-state index is 0.111. The molecule has 3 aromatic rings. The largest absolute Gasteiger partial charge is 0.323 e. The summed E-state index contributed by atoms with van der Waals surface area (Å²) in [6.45, 7) is 0. The zero-order valence-electron chi connectivity index (χ0n) is 12.6. The summed E-state index contributed by atoms with van der Waals surface area (Å²) in [5.74, 6) is -0.761. The van der Waals surface area contributed by atoms with Crippen LogP contribution in [0.25, 0.3) is 0 Å². The van der Waals surface area contributed by atoms with Crippen molar-refractivity contribution in [3.8, 4) is 0 Å². The van der Waals surface area contributed by atoms with Crippen molar-refractivity contribution in [3.63, 3.8) is 0 Å². The van der Waals surface area contributed by atoms with Crippen LogP contribution in [0.1, 0.15) is 10.5 Å². The Bertz CT molecular complexity index is 936. The Morgan fingerprint density at radius 3 is 2.72 bits per heavy atom. The highest BCUT2D eigenvalue weighted by Gasteiger charge is 2.11. The average Bonchev–Trinajstić information content (AvgIpc) is 2.58. The summed E-state index contributed by atoms with van der Waals surface area (Å²) < 4.78 is 13.2. The molecule has 5 nitrogen and oxygen atoms in total. The summed E-state index contributed by atoms with van der Waals surface area (Å²) in [6.07, 6.45) is 1.42. The van der Waals surface area contributed by atoms with Gasteiger partial charge >= 0.3 is 0 Å². The molecular weight excluding hydrogens is 366 g/mol. The van der Waals surface area contributed by atoms with Gasteiger partial charge in [-0.2, -0.15) is 0 Å². The van der Waals surface area contributed by atoms with Crippen LogP contribution in [-0.2, 0) is 0 Å². The molecule has 126 valence electrons. The van der Waals surface area contributed by atoms with Crippen LogP contribution in [-0.4, -0.2) is 15.9 Å². The Kier molecular flexibility index (Phi) is 5.11. The molecule has 0 atom stereocenters. The lowest BCUT2D eigenvalue weighted by Gasteiger charge is -2.09. The number of nitrogens with zero attached hydrogens (tertiary/aromatic N) is 2. The van der Waals surface area contributed by atoms with E-state index in [-0.39, 0.29) is 11.6 Å². The molecule has 0 saturated heterocycles. The van der Waals surface area contributed by atoms with Crippen molar-refractivity contribution in [1.29, 1.82) is 0 Å². The number of nitrogens with one attached hydrogen (secondary N) is 2. The van der Waals surface area contributed by atoms with Crippen molar-refractivity contribution < 1.29 is 9.18 Å².